The monoisotopic (exact) mass is 399 g/mol. The largest absolute Gasteiger partial charge is 0.482 e. The second kappa shape index (κ2) is 7.93. The van der Waals surface area contributed by atoms with Gasteiger partial charge < -0.3 is 4.74 Å². The van der Waals surface area contributed by atoms with Crippen molar-refractivity contribution in [3.8, 4) is 5.75 Å². The lowest BCUT2D eigenvalue weighted by atomic mass is 10.1. The van der Waals surface area contributed by atoms with E-state index >= 15 is 0 Å². The van der Waals surface area contributed by atoms with Gasteiger partial charge in [0, 0.05) is 16.7 Å². The number of ether oxygens (including phenoxy) is 1. The van der Waals surface area contributed by atoms with E-state index in [-0.39, 0.29) is 34.2 Å². The second-order valence-electron chi connectivity index (χ2n) is 5.68. The maximum absolute atomic E-state index is 12.7. The molecule has 0 unspecified atom stereocenters. The summed E-state index contributed by atoms with van der Waals surface area (Å²) in [5.41, 5.74) is 2.48. The van der Waals surface area contributed by atoms with Crippen molar-refractivity contribution >= 4 is 40.9 Å². The molecular formula is C19H14ClN3O5. The van der Waals surface area contributed by atoms with Crippen molar-refractivity contribution in [3.63, 3.8) is 0 Å². The number of carbonyl (C=O) groups excluding carboxylic acids is 2. The third-order valence-corrected chi connectivity index (χ3v) is 4.03. The maximum Gasteiger partial charge on any atom is 0.313 e. The Labute approximate surface area is 164 Å². The van der Waals surface area contributed by atoms with E-state index in [1.54, 1.807) is 30.3 Å². The molecule has 0 atom stereocenters. The quantitative estimate of drug-likeness (QED) is 0.264. The number of halogens is 1. The smallest absolute Gasteiger partial charge is 0.313 e. The Hall–Kier alpha value is -3.65. The standard InChI is InChI=1S/C19H14ClN3O5/c1-2-8-28-17-12(9-13(20)11-16(17)23(26)27)10-15-18(24)21-22(19(15)25)14-6-4-3-5-7-14/h2-7,9-11H,1,8H2,(H,21,24)/b15-10-. The number of carbonyl (C=O) groups is 2. The molecule has 0 bridgehead atoms. The Morgan fingerprint density at radius 2 is 1.96 bits per heavy atom. The zero-order valence-corrected chi connectivity index (χ0v) is 15.2. The maximum atomic E-state index is 12.7. The molecule has 3 rings (SSSR count). The number of hydrazine groups is 1. The van der Waals surface area contributed by atoms with Crippen molar-refractivity contribution < 1.29 is 19.2 Å². The van der Waals surface area contributed by atoms with Crippen LogP contribution in [0, 0.1) is 10.1 Å². The second-order valence-corrected chi connectivity index (χ2v) is 6.11. The van der Waals surface area contributed by atoms with Crippen LogP contribution in [-0.2, 0) is 9.59 Å². The van der Waals surface area contributed by atoms with Gasteiger partial charge in [-0.05, 0) is 24.3 Å². The van der Waals surface area contributed by atoms with Crippen molar-refractivity contribution in [2.45, 2.75) is 0 Å². The van der Waals surface area contributed by atoms with Crippen LogP contribution in [-0.4, -0.2) is 23.3 Å². The molecule has 0 aromatic heterocycles. The SMILES string of the molecule is C=CCOc1c(/C=C2/C(=O)NN(c3ccccc3)C2=O)cc(Cl)cc1[N+](=O)[O-]. The summed E-state index contributed by atoms with van der Waals surface area (Å²) in [4.78, 5) is 35.7. The highest BCUT2D eigenvalue weighted by Crippen LogP contribution is 2.36. The Bertz CT molecular complexity index is 1000. The molecule has 1 heterocycles. The number of rotatable bonds is 6. The lowest BCUT2D eigenvalue weighted by Gasteiger charge is -2.14. The summed E-state index contributed by atoms with van der Waals surface area (Å²) in [5, 5.41) is 12.5. The highest BCUT2D eigenvalue weighted by molar-refractivity contribution is 6.32. The van der Waals surface area contributed by atoms with Crippen molar-refractivity contribution in [3.05, 3.63) is 81.4 Å². The highest BCUT2D eigenvalue weighted by atomic mass is 35.5. The highest BCUT2D eigenvalue weighted by Gasteiger charge is 2.35. The molecule has 0 saturated carbocycles. The molecule has 1 N–H and O–H groups in total. The van der Waals surface area contributed by atoms with E-state index < -0.39 is 16.7 Å². The fourth-order valence-corrected chi connectivity index (χ4v) is 2.83. The first kappa shape index (κ1) is 19.1. The van der Waals surface area contributed by atoms with Crippen LogP contribution in [0.3, 0.4) is 0 Å². The Kier molecular flexibility index (Phi) is 5.42. The summed E-state index contributed by atoms with van der Waals surface area (Å²) >= 11 is 5.98. The minimum absolute atomic E-state index is 0.00503. The summed E-state index contributed by atoms with van der Waals surface area (Å²) in [6, 6.07) is 11.0. The molecule has 1 aliphatic heterocycles. The van der Waals surface area contributed by atoms with E-state index in [2.05, 4.69) is 12.0 Å². The molecule has 0 spiro atoms. The van der Waals surface area contributed by atoms with Crippen molar-refractivity contribution in [1.29, 1.82) is 0 Å². The van der Waals surface area contributed by atoms with Gasteiger partial charge in [0.2, 0.25) is 5.75 Å². The van der Waals surface area contributed by atoms with E-state index in [1.807, 2.05) is 0 Å². The minimum atomic E-state index is -0.654. The van der Waals surface area contributed by atoms with Gasteiger partial charge in [-0.2, -0.15) is 0 Å². The summed E-state index contributed by atoms with van der Waals surface area (Å²) in [6.07, 6.45) is 2.64. The molecule has 2 aromatic carbocycles. The van der Waals surface area contributed by atoms with E-state index in [4.69, 9.17) is 16.3 Å². The number of para-hydroxylation sites is 1. The molecule has 0 radical (unpaired) electrons. The third-order valence-electron chi connectivity index (χ3n) is 3.81. The predicted molar refractivity (Wildman–Crippen MR) is 104 cm³/mol. The normalized spacial score (nSPS) is 14.9. The predicted octanol–water partition coefficient (Wildman–Crippen LogP) is 3.27. The molecule has 8 nitrogen and oxygen atoms in total. The van der Waals surface area contributed by atoms with Gasteiger partial charge in [-0.15, -0.1) is 0 Å². The van der Waals surface area contributed by atoms with Crippen LogP contribution in [0.25, 0.3) is 6.08 Å². The first-order chi connectivity index (χ1) is 13.4. The minimum Gasteiger partial charge on any atom is -0.482 e. The number of amides is 2. The number of nitro benzene ring substituents is 1. The molecular weight excluding hydrogens is 386 g/mol. The lowest BCUT2D eigenvalue weighted by Crippen LogP contribution is -2.35. The lowest BCUT2D eigenvalue weighted by molar-refractivity contribution is -0.385. The molecule has 1 fully saturated rings. The number of hydrogen-bond acceptors (Lipinski definition) is 5. The molecule has 1 aliphatic rings. The first-order valence-electron chi connectivity index (χ1n) is 8.06. The Balaban J connectivity index is 2.07. The number of benzene rings is 2. The van der Waals surface area contributed by atoms with E-state index in [9.17, 15) is 19.7 Å². The van der Waals surface area contributed by atoms with Crippen molar-refractivity contribution in [2.24, 2.45) is 0 Å². The van der Waals surface area contributed by atoms with Gasteiger partial charge >= 0.3 is 5.69 Å². The fraction of sp³-hybridized carbons (Fsp3) is 0.0526. The van der Waals surface area contributed by atoms with Crippen LogP contribution in [0.2, 0.25) is 5.02 Å². The number of nitro groups is 1. The van der Waals surface area contributed by atoms with E-state index in [0.29, 0.717) is 5.69 Å². The van der Waals surface area contributed by atoms with Gasteiger partial charge in [0.05, 0.1) is 10.6 Å². The topological polar surface area (TPSA) is 102 Å². The van der Waals surface area contributed by atoms with Gasteiger partial charge in [-0.1, -0.05) is 42.5 Å². The van der Waals surface area contributed by atoms with Crippen molar-refractivity contribution in [1.82, 2.24) is 5.43 Å². The van der Waals surface area contributed by atoms with Crippen LogP contribution < -0.4 is 15.2 Å². The summed E-state index contributed by atoms with van der Waals surface area (Å²) < 4.78 is 5.41. The van der Waals surface area contributed by atoms with Gasteiger partial charge in [0.25, 0.3) is 11.8 Å². The molecule has 9 heteroatoms. The zero-order valence-electron chi connectivity index (χ0n) is 14.4. The van der Waals surface area contributed by atoms with Crippen LogP contribution in [0.4, 0.5) is 11.4 Å². The fourth-order valence-electron chi connectivity index (χ4n) is 2.61. The van der Waals surface area contributed by atoms with Crippen LogP contribution >= 0.6 is 11.6 Å². The molecule has 28 heavy (non-hydrogen) atoms. The zero-order chi connectivity index (χ0) is 20.3. The molecule has 1 saturated heterocycles. The Morgan fingerprint density at radius 3 is 2.61 bits per heavy atom. The third kappa shape index (κ3) is 3.72. The van der Waals surface area contributed by atoms with Gasteiger partial charge in [-0.25, -0.2) is 5.01 Å². The molecule has 142 valence electrons. The number of nitrogens with one attached hydrogen (secondary N) is 1. The molecule has 2 amide bonds. The van der Waals surface area contributed by atoms with Crippen LogP contribution in [0.1, 0.15) is 5.56 Å². The van der Waals surface area contributed by atoms with Gasteiger partial charge in [0.1, 0.15) is 12.2 Å². The number of hydrogen-bond donors (Lipinski definition) is 1. The average Bonchev–Trinajstić information content (AvgIpc) is 2.95. The Morgan fingerprint density at radius 1 is 1.25 bits per heavy atom. The van der Waals surface area contributed by atoms with E-state index in [1.165, 1.54) is 18.2 Å². The van der Waals surface area contributed by atoms with Crippen LogP contribution in [0.5, 0.6) is 5.75 Å². The molecule has 0 aliphatic carbocycles. The van der Waals surface area contributed by atoms with Gasteiger partial charge in [0.15, 0.2) is 0 Å². The van der Waals surface area contributed by atoms with E-state index in [0.717, 1.165) is 11.1 Å². The van der Waals surface area contributed by atoms with Crippen molar-refractivity contribution in [2.75, 3.05) is 11.6 Å². The summed E-state index contributed by atoms with van der Waals surface area (Å²) in [5.74, 6) is -1.36. The van der Waals surface area contributed by atoms with Gasteiger partial charge in [-0.3, -0.25) is 25.1 Å². The summed E-state index contributed by atoms with van der Waals surface area (Å²) in [7, 11) is 0. The number of nitrogens with zero attached hydrogens (tertiary/aromatic N) is 2. The average molecular weight is 400 g/mol. The number of anilines is 1. The van der Waals surface area contributed by atoms with Crippen LogP contribution in [0.15, 0.2) is 60.7 Å². The first-order valence-corrected chi connectivity index (χ1v) is 8.44. The summed E-state index contributed by atoms with van der Waals surface area (Å²) in [6.45, 7) is 3.50. The molecule has 2 aromatic rings.